The highest BCUT2D eigenvalue weighted by Gasteiger charge is 2.23. The van der Waals surface area contributed by atoms with E-state index < -0.39 is 23.9 Å². The van der Waals surface area contributed by atoms with E-state index >= 15 is 0 Å². The second kappa shape index (κ2) is 7.13. The molecule has 3 heterocycles. The third kappa shape index (κ3) is 3.58. The fourth-order valence-electron chi connectivity index (χ4n) is 3.47. The maximum Gasteiger partial charge on any atom is 0.299 e. The molecule has 0 radical (unpaired) electrons. The van der Waals surface area contributed by atoms with Gasteiger partial charge in [0.2, 0.25) is 5.82 Å². The third-order valence-electron chi connectivity index (χ3n) is 4.91. The molecule has 0 amide bonds. The van der Waals surface area contributed by atoms with E-state index in [1.165, 1.54) is 6.07 Å². The SMILES string of the molecule is Fc1ccc(CC2CCN(c3ccc4nnc(C(F)F)n4n3)CC2)cc1F. The predicted octanol–water partition coefficient (Wildman–Crippen LogP) is 3.80. The van der Waals surface area contributed by atoms with Crippen molar-refractivity contribution in [2.24, 2.45) is 5.92 Å². The molecule has 0 spiro atoms. The molecule has 1 fully saturated rings. The lowest BCUT2D eigenvalue weighted by molar-refractivity contribution is 0.137. The van der Waals surface area contributed by atoms with Crippen molar-refractivity contribution >= 4 is 11.5 Å². The molecule has 0 saturated carbocycles. The molecule has 0 atom stereocenters. The van der Waals surface area contributed by atoms with Gasteiger partial charge in [-0.25, -0.2) is 17.6 Å². The number of hydrogen-bond acceptors (Lipinski definition) is 4. The van der Waals surface area contributed by atoms with Crippen LogP contribution in [-0.2, 0) is 6.42 Å². The maximum absolute atomic E-state index is 13.3. The topological polar surface area (TPSA) is 46.3 Å². The van der Waals surface area contributed by atoms with Crippen molar-refractivity contribution < 1.29 is 17.6 Å². The van der Waals surface area contributed by atoms with Crippen LogP contribution in [0, 0.1) is 17.6 Å². The lowest BCUT2D eigenvalue weighted by Gasteiger charge is -2.32. The number of alkyl halides is 2. The average Bonchev–Trinajstić information content (AvgIpc) is 3.09. The highest BCUT2D eigenvalue weighted by atomic mass is 19.3. The van der Waals surface area contributed by atoms with Gasteiger partial charge in [-0.2, -0.15) is 4.52 Å². The van der Waals surface area contributed by atoms with Crippen LogP contribution in [0.1, 0.15) is 30.7 Å². The van der Waals surface area contributed by atoms with Gasteiger partial charge in [-0.1, -0.05) is 6.07 Å². The molecule has 3 aromatic rings. The number of fused-ring (bicyclic) bond motifs is 1. The molecule has 9 heteroatoms. The first kappa shape index (κ1) is 17.7. The fraction of sp³-hybridized carbons (Fsp3) is 0.389. The second-order valence-electron chi connectivity index (χ2n) is 6.70. The highest BCUT2D eigenvalue weighted by Crippen LogP contribution is 2.26. The summed E-state index contributed by atoms with van der Waals surface area (Å²) in [5.41, 5.74) is 1.06. The minimum Gasteiger partial charge on any atom is -0.355 e. The number of hydrogen-bond donors (Lipinski definition) is 0. The molecule has 5 nitrogen and oxygen atoms in total. The van der Waals surface area contributed by atoms with Crippen molar-refractivity contribution in [3.63, 3.8) is 0 Å². The van der Waals surface area contributed by atoms with Crippen molar-refractivity contribution in [3.8, 4) is 0 Å². The Morgan fingerprint density at radius 1 is 1.00 bits per heavy atom. The van der Waals surface area contributed by atoms with E-state index in [1.54, 1.807) is 18.2 Å². The van der Waals surface area contributed by atoms with E-state index in [1.807, 2.05) is 4.90 Å². The van der Waals surface area contributed by atoms with Gasteiger partial charge in [-0.3, -0.25) is 0 Å². The molecule has 4 rings (SSSR count). The molecular weight excluding hydrogens is 362 g/mol. The third-order valence-corrected chi connectivity index (χ3v) is 4.91. The molecule has 0 N–H and O–H groups in total. The van der Waals surface area contributed by atoms with Crippen LogP contribution < -0.4 is 4.90 Å². The van der Waals surface area contributed by atoms with Crippen molar-refractivity contribution in [2.45, 2.75) is 25.7 Å². The van der Waals surface area contributed by atoms with E-state index in [9.17, 15) is 17.6 Å². The Balaban J connectivity index is 1.43. The number of piperidine rings is 1. The Labute approximate surface area is 152 Å². The number of nitrogens with zero attached hydrogens (tertiary/aromatic N) is 5. The molecule has 1 aliphatic heterocycles. The zero-order valence-corrected chi connectivity index (χ0v) is 14.3. The predicted molar refractivity (Wildman–Crippen MR) is 90.7 cm³/mol. The first-order valence-corrected chi connectivity index (χ1v) is 8.70. The number of benzene rings is 1. The van der Waals surface area contributed by atoms with Gasteiger partial charge in [0.05, 0.1) is 0 Å². The van der Waals surface area contributed by atoms with Crippen molar-refractivity contribution in [3.05, 3.63) is 53.4 Å². The molecule has 2 aromatic heterocycles. The van der Waals surface area contributed by atoms with Crippen LogP contribution in [0.3, 0.4) is 0 Å². The van der Waals surface area contributed by atoms with Crippen LogP contribution in [0.25, 0.3) is 5.65 Å². The first-order chi connectivity index (χ1) is 13.0. The molecule has 0 unspecified atom stereocenters. The Kier molecular flexibility index (Phi) is 4.67. The number of halogens is 4. The summed E-state index contributed by atoms with van der Waals surface area (Å²) in [7, 11) is 0. The van der Waals surface area contributed by atoms with Gasteiger partial charge in [0.25, 0.3) is 6.43 Å². The van der Waals surface area contributed by atoms with E-state index in [4.69, 9.17) is 0 Å². The monoisotopic (exact) mass is 379 g/mol. The lowest BCUT2D eigenvalue weighted by atomic mass is 9.90. The molecule has 0 aliphatic carbocycles. The molecule has 1 saturated heterocycles. The zero-order chi connectivity index (χ0) is 19.0. The summed E-state index contributed by atoms with van der Waals surface area (Å²) in [6.45, 7) is 1.41. The van der Waals surface area contributed by atoms with Gasteiger partial charge in [-0.05, 0) is 55.0 Å². The Hall–Kier alpha value is -2.71. The normalized spacial score (nSPS) is 15.8. The summed E-state index contributed by atoms with van der Waals surface area (Å²) >= 11 is 0. The Bertz CT molecular complexity index is 950. The quantitative estimate of drug-likeness (QED) is 0.647. The molecule has 142 valence electrons. The summed E-state index contributed by atoms with van der Waals surface area (Å²) < 4.78 is 53.4. The number of anilines is 1. The van der Waals surface area contributed by atoms with Crippen molar-refractivity contribution in [1.82, 2.24) is 19.8 Å². The minimum absolute atomic E-state index is 0.280. The van der Waals surface area contributed by atoms with Crippen LogP contribution in [0.2, 0.25) is 0 Å². The first-order valence-electron chi connectivity index (χ1n) is 8.70. The van der Waals surface area contributed by atoms with Crippen LogP contribution in [0.4, 0.5) is 23.4 Å². The molecule has 27 heavy (non-hydrogen) atoms. The lowest BCUT2D eigenvalue weighted by Crippen LogP contribution is -2.35. The second-order valence-corrected chi connectivity index (χ2v) is 6.70. The fourth-order valence-corrected chi connectivity index (χ4v) is 3.47. The van der Waals surface area contributed by atoms with Gasteiger partial charge in [-0.15, -0.1) is 15.3 Å². The summed E-state index contributed by atoms with van der Waals surface area (Å²) in [5, 5.41) is 11.4. The van der Waals surface area contributed by atoms with Crippen LogP contribution in [0.15, 0.2) is 30.3 Å². The van der Waals surface area contributed by atoms with Gasteiger partial charge >= 0.3 is 0 Å². The molecule has 0 bridgehead atoms. The minimum atomic E-state index is -2.75. The van der Waals surface area contributed by atoms with Gasteiger partial charge in [0.1, 0.15) is 5.82 Å². The molecule has 1 aromatic carbocycles. The van der Waals surface area contributed by atoms with E-state index in [0.717, 1.165) is 29.0 Å². The van der Waals surface area contributed by atoms with Crippen LogP contribution >= 0.6 is 0 Å². The van der Waals surface area contributed by atoms with Crippen molar-refractivity contribution in [1.29, 1.82) is 0 Å². The smallest absolute Gasteiger partial charge is 0.299 e. The van der Waals surface area contributed by atoms with E-state index in [0.29, 0.717) is 31.2 Å². The van der Waals surface area contributed by atoms with Gasteiger partial charge < -0.3 is 4.90 Å². The average molecular weight is 379 g/mol. The largest absolute Gasteiger partial charge is 0.355 e. The summed E-state index contributed by atoms with van der Waals surface area (Å²) in [5.74, 6) is -1.20. The zero-order valence-electron chi connectivity index (χ0n) is 14.3. The maximum atomic E-state index is 13.3. The summed E-state index contributed by atoms with van der Waals surface area (Å²) in [4.78, 5) is 2.02. The highest BCUT2D eigenvalue weighted by molar-refractivity contribution is 5.46. The number of aromatic nitrogens is 4. The van der Waals surface area contributed by atoms with Crippen LogP contribution in [-0.4, -0.2) is 32.9 Å². The van der Waals surface area contributed by atoms with Crippen LogP contribution in [0.5, 0.6) is 0 Å². The van der Waals surface area contributed by atoms with Crippen molar-refractivity contribution in [2.75, 3.05) is 18.0 Å². The Morgan fingerprint density at radius 2 is 1.78 bits per heavy atom. The number of rotatable bonds is 4. The van der Waals surface area contributed by atoms with E-state index in [-0.39, 0.29) is 5.65 Å². The van der Waals surface area contributed by atoms with E-state index in [2.05, 4.69) is 15.3 Å². The standard InChI is InChI=1S/C18H17F4N5/c19-13-2-1-12(10-14(13)20)9-11-5-7-26(8-6-11)16-4-3-15-23-24-18(17(21)22)27(15)25-16/h1-4,10-11,17H,5-9H2. The Morgan fingerprint density at radius 3 is 2.48 bits per heavy atom. The summed E-state index contributed by atoms with van der Waals surface area (Å²) in [6.07, 6.45) is -0.367. The molecule has 1 aliphatic rings. The molecular formula is C18H17F4N5. The summed E-state index contributed by atoms with van der Waals surface area (Å²) in [6, 6.07) is 7.37. The van der Waals surface area contributed by atoms with Gasteiger partial charge in [0.15, 0.2) is 17.3 Å². The van der Waals surface area contributed by atoms with Gasteiger partial charge in [0, 0.05) is 13.1 Å².